The molecule has 2 saturated heterocycles. The van der Waals surface area contributed by atoms with E-state index >= 15 is 0 Å². The van der Waals surface area contributed by atoms with Gasteiger partial charge in [-0.2, -0.15) is 11.8 Å². The summed E-state index contributed by atoms with van der Waals surface area (Å²) in [4.78, 5) is 33.4. The van der Waals surface area contributed by atoms with Crippen molar-refractivity contribution in [2.24, 2.45) is 0 Å². The second kappa shape index (κ2) is 12.0. The third-order valence-electron chi connectivity index (χ3n) is 4.48. The van der Waals surface area contributed by atoms with Gasteiger partial charge in [0.15, 0.2) is 0 Å². The van der Waals surface area contributed by atoms with E-state index in [4.69, 9.17) is 14.6 Å². The Morgan fingerprint density at radius 2 is 1.89 bits per heavy atom. The number of urea groups is 1. The van der Waals surface area contributed by atoms with Gasteiger partial charge in [0.05, 0.1) is 44.9 Å². The molecule has 27 heavy (non-hydrogen) atoms. The van der Waals surface area contributed by atoms with E-state index in [-0.39, 0.29) is 37.0 Å². The number of thioether (sulfide) groups is 1. The number of rotatable bonds is 14. The maximum atomic E-state index is 11.8. The lowest BCUT2D eigenvalue weighted by molar-refractivity contribution is -0.138. The molecule has 154 valence electrons. The van der Waals surface area contributed by atoms with Crippen LogP contribution in [0.5, 0.6) is 0 Å². The first-order valence-electron chi connectivity index (χ1n) is 9.39. The van der Waals surface area contributed by atoms with Crippen LogP contribution < -0.4 is 16.0 Å². The molecule has 2 fully saturated rings. The predicted molar refractivity (Wildman–Crippen MR) is 101 cm³/mol. The number of hydrogen-bond donors (Lipinski definition) is 4. The van der Waals surface area contributed by atoms with Crippen LogP contribution in [0.1, 0.15) is 32.1 Å². The Kier molecular flexibility index (Phi) is 9.71. The van der Waals surface area contributed by atoms with E-state index < -0.39 is 5.97 Å². The van der Waals surface area contributed by atoms with Crippen molar-refractivity contribution in [3.63, 3.8) is 0 Å². The molecule has 2 heterocycles. The number of amides is 3. The molecule has 0 saturated carbocycles. The van der Waals surface area contributed by atoms with Gasteiger partial charge in [-0.05, 0) is 12.8 Å². The molecule has 0 aromatic carbocycles. The quantitative estimate of drug-likeness (QED) is 0.243. The molecule has 0 aliphatic carbocycles. The van der Waals surface area contributed by atoms with Crippen LogP contribution in [0.2, 0.25) is 0 Å². The largest absolute Gasteiger partial charge is 0.481 e. The minimum Gasteiger partial charge on any atom is -0.481 e. The molecular formula is C17H29N3O6S. The lowest BCUT2D eigenvalue weighted by Crippen LogP contribution is -2.36. The summed E-state index contributed by atoms with van der Waals surface area (Å²) in [5.74, 6) is 0.0929. The van der Waals surface area contributed by atoms with Gasteiger partial charge in [-0.3, -0.25) is 9.59 Å². The fourth-order valence-electron chi connectivity index (χ4n) is 3.11. The van der Waals surface area contributed by atoms with E-state index in [9.17, 15) is 14.4 Å². The maximum absolute atomic E-state index is 11.8. The summed E-state index contributed by atoms with van der Waals surface area (Å²) in [6.45, 7) is 1.76. The number of unbranched alkanes of at least 4 members (excludes halogenated alkanes) is 1. The fourth-order valence-corrected chi connectivity index (χ4v) is 4.65. The Morgan fingerprint density at radius 3 is 2.67 bits per heavy atom. The predicted octanol–water partition coefficient (Wildman–Crippen LogP) is 0.336. The topological polar surface area (TPSA) is 126 Å². The molecule has 3 amide bonds. The van der Waals surface area contributed by atoms with Gasteiger partial charge in [0.1, 0.15) is 0 Å². The van der Waals surface area contributed by atoms with Crippen LogP contribution >= 0.6 is 11.8 Å². The molecule has 3 atom stereocenters. The number of carbonyl (C=O) groups is 3. The smallest absolute Gasteiger partial charge is 0.315 e. The highest BCUT2D eigenvalue weighted by Crippen LogP contribution is 2.33. The van der Waals surface area contributed by atoms with Gasteiger partial charge >= 0.3 is 12.0 Å². The third kappa shape index (κ3) is 8.35. The first-order chi connectivity index (χ1) is 13.1. The van der Waals surface area contributed by atoms with Crippen LogP contribution in [0.25, 0.3) is 0 Å². The summed E-state index contributed by atoms with van der Waals surface area (Å²) >= 11 is 1.89. The summed E-state index contributed by atoms with van der Waals surface area (Å²) < 4.78 is 10.4. The SMILES string of the molecule is O=C(O)CCOCCOCCNC(=O)CCCCC1SCC2NC(=O)NC21. The Balaban J connectivity index is 1.38. The molecule has 0 aromatic heterocycles. The number of hydrogen-bond acceptors (Lipinski definition) is 6. The van der Waals surface area contributed by atoms with Gasteiger partial charge in [-0.15, -0.1) is 0 Å². The zero-order chi connectivity index (χ0) is 19.5. The molecule has 3 unspecified atom stereocenters. The number of fused-ring (bicyclic) bond motifs is 1. The number of carboxylic acid groups (broad SMARTS) is 1. The van der Waals surface area contributed by atoms with Crippen LogP contribution in [0, 0.1) is 0 Å². The second-order valence-corrected chi connectivity index (χ2v) is 7.86. The first kappa shape index (κ1) is 21.8. The van der Waals surface area contributed by atoms with E-state index in [2.05, 4.69) is 16.0 Å². The highest BCUT2D eigenvalue weighted by Gasteiger charge is 2.42. The summed E-state index contributed by atoms with van der Waals surface area (Å²) in [6, 6.07) is 0.406. The second-order valence-electron chi connectivity index (χ2n) is 6.59. The highest BCUT2D eigenvalue weighted by molar-refractivity contribution is 8.00. The van der Waals surface area contributed by atoms with Crippen LogP contribution in [-0.4, -0.2) is 79.1 Å². The summed E-state index contributed by atoms with van der Waals surface area (Å²) in [7, 11) is 0. The summed E-state index contributed by atoms with van der Waals surface area (Å²) in [6.07, 6.45) is 3.29. The number of aliphatic carboxylic acids is 1. The zero-order valence-electron chi connectivity index (χ0n) is 15.4. The van der Waals surface area contributed by atoms with E-state index in [1.54, 1.807) is 0 Å². The van der Waals surface area contributed by atoms with Gasteiger partial charge in [0.25, 0.3) is 0 Å². The normalized spacial score (nSPS) is 23.6. The molecule has 9 nitrogen and oxygen atoms in total. The van der Waals surface area contributed by atoms with E-state index in [0.29, 0.717) is 38.0 Å². The highest BCUT2D eigenvalue weighted by atomic mass is 32.2. The average Bonchev–Trinajstić information content (AvgIpc) is 3.16. The van der Waals surface area contributed by atoms with Gasteiger partial charge in [-0.1, -0.05) is 6.42 Å². The van der Waals surface area contributed by atoms with Crippen molar-refractivity contribution in [3.05, 3.63) is 0 Å². The van der Waals surface area contributed by atoms with Gasteiger partial charge < -0.3 is 30.5 Å². The minimum absolute atomic E-state index is 0.0117. The molecule has 0 spiro atoms. The van der Waals surface area contributed by atoms with Crippen molar-refractivity contribution in [3.8, 4) is 0 Å². The molecule has 0 bridgehead atoms. The van der Waals surface area contributed by atoms with Crippen molar-refractivity contribution in [1.82, 2.24) is 16.0 Å². The Morgan fingerprint density at radius 1 is 1.11 bits per heavy atom. The molecule has 0 aromatic rings. The van der Waals surface area contributed by atoms with Gasteiger partial charge in [0, 0.05) is 24.0 Å². The standard InChI is InChI=1S/C17H29N3O6S/c21-14(18-6-8-26-10-9-25-7-5-15(22)23)4-2-1-3-13-16-12(11-27-13)19-17(24)20-16/h12-13,16H,1-11H2,(H,18,21)(H,22,23)(H2,19,20,24). The molecular weight excluding hydrogens is 374 g/mol. The van der Waals surface area contributed by atoms with E-state index in [1.165, 1.54) is 0 Å². The van der Waals surface area contributed by atoms with Crippen molar-refractivity contribution >= 4 is 29.7 Å². The van der Waals surface area contributed by atoms with E-state index in [1.807, 2.05) is 11.8 Å². The number of ether oxygens (including phenoxy) is 2. The number of nitrogens with one attached hydrogen (secondary N) is 3. The minimum atomic E-state index is -0.882. The Hall–Kier alpha value is -1.52. The first-order valence-corrected chi connectivity index (χ1v) is 10.4. The Bertz CT molecular complexity index is 507. The average molecular weight is 404 g/mol. The van der Waals surface area contributed by atoms with Crippen molar-refractivity contribution in [2.75, 3.05) is 38.7 Å². The van der Waals surface area contributed by atoms with Crippen molar-refractivity contribution in [2.45, 2.75) is 49.4 Å². The monoisotopic (exact) mass is 403 g/mol. The van der Waals surface area contributed by atoms with Crippen LogP contribution in [0.4, 0.5) is 4.79 Å². The molecule has 2 aliphatic heterocycles. The maximum Gasteiger partial charge on any atom is 0.315 e. The van der Waals surface area contributed by atoms with Crippen LogP contribution in [-0.2, 0) is 19.1 Å². The zero-order valence-corrected chi connectivity index (χ0v) is 16.2. The van der Waals surface area contributed by atoms with Crippen molar-refractivity contribution < 1.29 is 29.0 Å². The molecule has 4 N–H and O–H groups in total. The summed E-state index contributed by atoms with van der Waals surface area (Å²) in [5, 5.41) is 17.6. The lowest BCUT2D eigenvalue weighted by Gasteiger charge is -2.16. The third-order valence-corrected chi connectivity index (χ3v) is 5.99. The summed E-state index contributed by atoms with van der Waals surface area (Å²) in [5.41, 5.74) is 0. The molecule has 2 rings (SSSR count). The number of carboxylic acids is 1. The fraction of sp³-hybridized carbons (Fsp3) is 0.824. The molecule has 2 aliphatic rings. The van der Waals surface area contributed by atoms with Gasteiger partial charge in [-0.25, -0.2) is 4.79 Å². The lowest BCUT2D eigenvalue weighted by atomic mass is 10.0. The van der Waals surface area contributed by atoms with Crippen LogP contribution in [0.3, 0.4) is 0 Å². The molecule has 0 radical (unpaired) electrons. The Labute approximate surface area is 163 Å². The van der Waals surface area contributed by atoms with Crippen molar-refractivity contribution in [1.29, 1.82) is 0 Å². The van der Waals surface area contributed by atoms with Crippen LogP contribution in [0.15, 0.2) is 0 Å². The number of carbonyl (C=O) groups excluding carboxylic acids is 2. The molecule has 10 heteroatoms. The van der Waals surface area contributed by atoms with Gasteiger partial charge in [0.2, 0.25) is 5.91 Å². The van der Waals surface area contributed by atoms with E-state index in [0.717, 1.165) is 25.0 Å².